The van der Waals surface area contributed by atoms with E-state index in [9.17, 15) is 4.39 Å². The summed E-state index contributed by atoms with van der Waals surface area (Å²) >= 11 is 3.43. The van der Waals surface area contributed by atoms with Crippen molar-refractivity contribution in [2.24, 2.45) is 11.7 Å². The van der Waals surface area contributed by atoms with Gasteiger partial charge >= 0.3 is 0 Å². The lowest BCUT2D eigenvalue weighted by Crippen LogP contribution is -2.37. The van der Waals surface area contributed by atoms with Crippen LogP contribution in [-0.4, -0.2) is 24.5 Å². The lowest BCUT2D eigenvalue weighted by Gasteiger charge is -2.34. The minimum atomic E-state index is -0.232. The predicted molar refractivity (Wildman–Crippen MR) is 82.6 cm³/mol. The molecule has 0 aromatic heterocycles. The molecule has 108 valence electrons. The normalized spacial score (nSPS) is 15.0. The van der Waals surface area contributed by atoms with Crippen LogP contribution in [0.3, 0.4) is 0 Å². The fourth-order valence-electron chi connectivity index (χ4n) is 2.44. The highest BCUT2D eigenvalue weighted by molar-refractivity contribution is 9.10. The largest absolute Gasteiger partial charge is 0.329 e. The van der Waals surface area contributed by atoms with Crippen molar-refractivity contribution >= 4 is 15.9 Å². The van der Waals surface area contributed by atoms with Crippen molar-refractivity contribution in [3.8, 4) is 0 Å². The smallest absolute Gasteiger partial charge is 0.124 e. The highest BCUT2D eigenvalue weighted by Gasteiger charge is 2.22. The van der Waals surface area contributed by atoms with Crippen LogP contribution in [0.2, 0.25) is 0 Å². The van der Waals surface area contributed by atoms with Crippen molar-refractivity contribution in [1.82, 2.24) is 4.90 Å². The number of hydrogen-bond acceptors (Lipinski definition) is 2. The summed E-state index contributed by atoms with van der Waals surface area (Å²) in [5, 5.41) is 0. The maximum absolute atomic E-state index is 13.2. The van der Waals surface area contributed by atoms with E-state index in [4.69, 9.17) is 5.73 Å². The van der Waals surface area contributed by atoms with Crippen LogP contribution in [0.25, 0.3) is 0 Å². The van der Waals surface area contributed by atoms with Crippen LogP contribution in [0.15, 0.2) is 22.7 Å². The Hall–Kier alpha value is -0.450. The summed E-state index contributed by atoms with van der Waals surface area (Å²) < 4.78 is 14.0. The van der Waals surface area contributed by atoms with Crippen molar-refractivity contribution in [3.05, 3.63) is 34.1 Å². The first-order valence-electron chi connectivity index (χ1n) is 6.73. The van der Waals surface area contributed by atoms with E-state index in [2.05, 4.69) is 48.6 Å². The number of halogens is 2. The monoisotopic (exact) mass is 330 g/mol. The Balaban J connectivity index is 2.93. The Morgan fingerprint density at radius 3 is 2.42 bits per heavy atom. The second-order valence-electron chi connectivity index (χ2n) is 5.56. The molecule has 1 aromatic rings. The van der Waals surface area contributed by atoms with E-state index in [0.717, 1.165) is 16.5 Å². The van der Waals surface area contributed by atoms with Gasteiger partial charge in [-0.2, -0.15) is 0 Å². The van der Waals surface area contributed by atoms with Crippen LogP contribution in [0.1, 0.15) is 38.8 Å². The predicted octanol–water partition coefficient (Wildman–Crippen LogP) is 3.95. The molecule has 0 fully saturated rings. The molecule has 0 amide bonds. The zero-order valence-electron chi connectivity index (χ0n) is 12.2. The van der Waals surface area contributed by atoms with Gasteiger partial charge in [0, 0.05) is 23.1 Å². The molecule has 0 radical (unpaired) electrons. The van der Waals surface area contributed by atoms with Crippen molar-refractivity contribution in [2.75, 3.05) is 13.6 Å². The average molecular weight is 331 g/mol. The molecular formula is C15H24BrFN2. The molecule has 0 spiro atoms. The summed E-state index contributed by atoms with van der Waals surface area (Å²) in [4.78, 5) is 2.28. The molecule has 0 aliphatic carbocycles. The number of hydrogen-bond donors (Lipinski definition) is 1. The van der Waals surface area contributed by atoms with Crippen molar-refractivity contribution < 1.29 is 4.39 Å². The summed E-state index contributed by atoms with van der Waals surface area (Å²) in [5.41, 5.74) is 6.97. The first kappa shape index (κ1) is 16.6. The molecule has 0 aliphatic heterocycles. The molecule has 19 heavy (non-hydrogen) atoms. The zero-order chi connectivity index (χ0) is 14.6. The molecule has 0 heterocycles. The number of likely N-dealkylation sites (N-methyl/N-ethyl adjacent to an activating group) is 1. The molecule has 0 saturated heterocycles. The highest BCUT2D eigenvalue weighted by Crippen LogP contribution is 2.29. The molecule has 2 unspecified atom stereocenters. The summed E-state index contributed by atoms with van der Waals surface area (Å²) in [7, 11) is 2.08. The van der Waals surface area contributed by atoms with E-state index < -0.39 is 0 Å². The topological polar surface area (TPSA) is 29.3 Å². The van der Waals surface area contributed by atoms with Gasteiger partial charge in [0.05, 0.1) is 0 Å². The molecule has 0 saturated carbocycles. The van der Waals surface area contributed by atoms with Gasteiger partial charge in [-0.05, 0) is 44.0 Å². The van der Waals surface area contributed by atoms with Gasteiger partial charge in [0.2, 0.25) is 0 Å². The Kier molecular flexibility index (Phi) is 6.43. The van der Waals surface area contributed by atoms with Gasteiger partial charge < -0.3 is 5.73 Å². The number of rotatable bonds is 6. The average Bonchev–Trinajstić information content (AvgIpc) is 2.31. The van der Waals surface area contributed by atoms with Gasteiger partial charge in [-0.25, -0.2) is 4.39 Å². The molecule has 0 bridgehead atoms. The first-order chi connectivity index (χ1) is 8.86. The molecule has 1 aromatic carbocycles. The quantitative estimate of drug-likeness (QED) is 0.855. The lowest BCUT2D eigenvalue weighted by molar-refractivity contribution is 0.168. The van der Waals surface area contributed by atoms with Crippen molar-refractivity contribution in [1.29, 1.82) is 0 Å². The van der Waals surface area contributed by atoms with E-state index >= 15 is 0 Å². The summed E-state index contributed by atoms with van der Waals surface area (Å²) in [6, 6.07) is 5.34. The Morgan fingerprint density at radius 1 is 1.32 bits per heavy atom. The third kappa shape index (κ3) is 4.55. The number of nitrogens with two attached hydrogens (primary N) is 1. The van der Waals surface area contributed by atoms with Gasteiger partial charge in [0.1, 0.15) is 5.82 Å². The Labute approximate surface area is 124 Å². The van der Waals surface area contributed by atoms with E-state index in [-0.39, 0.29) is 11.9 Å². The highest BCUT2D eigenvalue weighted by atomic mass is 79.9. The molecular weight excluding hydrogens is 307 g/mol. The second kappa shape index (κ2) is 7.36. The van der Waals surface area contributed by atoms with E-state index in [1.165, 1.54) is 12.1 Å². The maximum Gasteiger partial charge on any atom is 0.124 e. The molecule has 4 heteroatoms. The van der Waals surface area contributed by atoms with E-state index in [0.29, 0.717) is 18.5 Å². The van der Waals surface area contributed by atoms with E-state index in [1.807, 2.05) is 6.07 Å². The van der Waals surface area contributed by atoms with Crippen molar-refractivity contribution in [2.45, 2.75) is 39.3 Å². The second-order valence-corrected chi connectivity index (χ2v) is 6.42. The SMILES string of the molecule is CC(C)CC(C)N(C)C(CN)c1ccc(F)cc1Br. The summed E-state index contributed by atoms with van der Waals surface area (Å²) in [6.45, 7) is 7.16. The van der Waals surface area contributed by atoms with Gasteiger partial charge in [0.25, 0.3) is 0 Å². The fourth-order valence-corrected chi connectivity index (χ4v) is 3.06. The minimum Gasteiger partial charge on any atom is -0.329 e. The molecule has 2 nitrogen and oxygen atoms in total. The third-order valence-corrected chi connectivity index (χ3v) is 4.23. The molecule has 1 rings (SSSR count). The van der Waals surface area contributed by atoms with Crippen LogP contribution in [0.4, 0.5) is 4.39 Å². The molecule has 2 N–H and O–H groups in total. The van der Waals surface area contributed by atoms with Gasteiger partial charge in [-0.1, -0.05) is 35.8 Å². The molecule has 2 atom stereocenters. The van der Waals surface area contributed by atoms with E-state index in [1.54, 1.807) is 0 Å². The molecule has 0 aliphatic rings. The van der Waals surface area contributed by atoms with Crippen molar-refractivity contribution in [3.63, 3.8) is 0 Å². The fraction of sp³-hybridized carbons (Fsp3) is 0.600. The minimum absolute atomic E-state index is 0.101. The third-order valence-electron chi connectivity index (χ3n) is 3.54. The lowest BCUT2D eigenvalue weighted by atomic mass is 9.99. The summed E-state index contributed by atoms with van der Waals surface area (Å²) in [6.07, 6.45) is 1.12. The summed E-state index contributed by atoms with van der Waals surface area (Å²) in [5.74, 6) is 0.414. The van der Waals surface area contributed by atoms with Crippen LogP contribution in [0.5, 0.6) is 0 Å². The van der Waals surface area contributed by atoms with Crippen LogP contribution < -0.4 is 5.73 Å². The first-order valence-corrected chi connectivity index (χ1v) is 7.53. The number of benzene rings is 1. The van der Waals surface area contributed by atoms with Gasteiger partial charge in [-0.3, -0.25) is 4.90 Å². The van der Waals surface area contributed by atoms with Gasteiger partial charge in [0.15, 0.2) is 0 Å². The van der Waals surface area contributed by atoms with Gasteiger partial charge in [-0.15, -0.1) is 0 Å². The Morgan fingerprint density at radius 2 is 1.95 bits per heavy atom. The van der Waals surface area contributed by atoms with Crippen LogP contribution >= 0.6 is 15.9 Å². The van der Waals surface area contributed by atoms with Crippen LogP contribution in [-0.2, 0) is 0 Å². The Bertz CT molecular complexity index is 409. The zero-order valence-corrected chi connectivity index (χ0v) is 13.7. The standard InChI is InChI=1S/C15H24BrFN2/c1-10(2)7-11(3)19(4)15(9-18)13-6-5-12(17)8-14(13)16/h5-6,8,10-11,15H,7,9,18H2,1-4H3. The van der Waals surface area contributed by atoms with Crippen LogP contribution in [0, 0.1) is 11.7 Å². The maximum atomic E-state index is 13.2. The number of nitrogens with zero attached hydrogens (tertiary/aromatic N) is 1.